The van der Waals surface area contributed by atoms with E-state index < -0.39 is 0 Å². The Morgan fingerprint density at radius 2 is 2.37 bits per heavy atom. The van der Waals surface area contributed by atoms with Crippen molar-refractivity contribution in [3.8, 4) is 0 Å². The molecule has 2 heterocycles. The zero-order chi connectivity index (χ0) is 13.7. The van der Waals surface area contributed by atoms with Crippen molar-refractivity contribution < 1.29 is 9.53 Å². The Hall–Kier alpha value is -2.15. The van der Waals surface area contributed by atoms with E-state index in [9.17, 15) is 4.79 Å². The third-order valence-electron chi connectivity index (χ3n) is 2.53. The fraction of sp³-hybridized carbons (Fsp3) is 0.417. The number of nitrogens with zero attached hydrogens (tertiary/aromatic N) is 3. The molecule has 0 aromatic carbocycles. The molecule has 0 spiro atoms. The molecule has 2 aromatic heterocycles. The molecule has 2 aromatic rings. The van der Waals surface area contributed by atoms with Gasteiger partial charge in [0.15, 0.2) is 5.65 Å². The van der Waals surface area contributed by atoms with Crippen molar-refractivity contribution in [3.63, 3.8) is 0 Å². The second-order valence-corrected chi connectivity index (χ2v) is 4.14. The number of rotatable bonds is 6. The third-order valence-corrected chi connectivity index (χ3v) is 2.53. The van der Waals surface area contributed by atoms with Crippen LogP contribution in [-0.2, 0) is 9.53 Å². The predicted octanol–water partition coefficient (Wildman–Crippen LogP) is 0.212. The van der Waals surface area contributed by atoms with Crippen LogP contribution in [0.3, 0.4) is 0 Å². The van der Waals surface area contributed by atoms with Gasteiger partial charge in [0.1, 0.15) is 0 Å². The molecular formula is C12H17N5O2. The highest BCUT2D eigenvalue weighted by molar-refractivity contribution is 5.80. The van der Waals surface area contributed by atoms with Gasteiger partial charge in [0.2, 0.25) is 11.9 Å². The second kappa shape index (κ2) is 6.14. The average molecular weight is 263 g/mol. The fourth-order valence-electron chi connectivity index (χ4n) is 1.57. The first-order valence-corrected chi connectivity index (χ1v) is 6.01. The molecule has 7 nitrogen and oxygen atoms in total. The summed E-state index contributed by atoms with van der Waals surface area (Å²) >= 11 is 0. The summed E-state index contributed by atoms with van der Waals surface area (Å²) in [5, 5.41) is 9.80. The van der Waals surface area contributed by atoms with E-state index in [4.69, 9.17) is 4.74 Å². The number of hydrogen-bond donors (Lipinski definition) is 2. The zero-order valence-corrected chi connectivity index (χ0v) is 11.0. The molecule has 2 rings (SSSR count). The minimum Gasteiger partial charge on any atom is -0.383 e. The summed E-state index contributed by atoms with van der Waals surface area (Å²) < 4.78 is 6.51. The molecule has 7 heteroatoms. The number of hydrogen-bond acceptors (Lipinski definition) is 5. The monoisotopic (exact) mass is 263 g/mol. The summed E-state index contributed by atoms with van der Waals surface area (Å²) in [6.07, 6.45) is 1.83. The molecule has 19 heavy (non-hydrogen) atoms. The highest BCUT2D eigenvalue weighted by atomic mass is 16.5. The van der Waals surface area contributed by atoms with Gasteiger partial charge in [-0.05, 0) is 24.6 Å². The van der Waals surface area contributed by atoms with Gasteiger partial charge in [0, 0.05) is 19.9 Å². The number of anilines is 1. The van der Waals surface area contributed by atoms with E-state index in [1.807, 2.05) is 25.3 Å². The van der Waals surface area contributed by atoms with Crippen molar-refractivity contribution in [2.75, 3.05) is 32.1 Å². The summed E-state index contributed by atoms with van der Waals surface area (Å²) in [6.45, 7) is 3.12. The Morgan fingerprint density at radius 3 is 3.16 bits per heavy atom. The van der Waals surface area contributed by atoms with Crippen LogP contribution in [0.15, 0.2) is 18.3 Å². The molecule has 0 atom stereocenters. The van der Waals surface area contributed by atoms with Gasteiger partial charge in [-0.25, -0.2) is 4.52 Å². The first kappa shape index (κ1) is 13.3. The normalized spacial score (nSPS) is 10.6. The molecule has 0 saturated carbocycles. The van der Waals surface area contributed by atoms with Crippen LogP contribution in [0.25, 0.3) is 5.65 Å². The summed E-state index contributed by atoms with van der Waals surface area (Å²) in [5.41, 5.74) is 1.87. The number of methoxy groups -OCH3 is 1. The van der Waals surface area contributed by atoms with Crippen LogP contribution in [0.4, 0.5) is 5.95 Å². The molecule has 0 aliphatic heterocycles. The van der Waals surface area contributed by atoms with E-state index in [1.165, 1.54) is 0 Å². The van der Waals surface area contributed by atoms with Crippen LogP contribution < -0.4 is 10.6 Å². The second-order valence-electron chi connectivity index (χ2n) is 4.14. The van der Waals surface area contributed by atoms with Crippen molar-refractivity contribution in [1.29, 1.82) is 0 Å². The summed E-state index contributed by atoms with van der Waals surface area (Å²) in [6, 6.07) is 3.87. The summed E-state index contributed by atoms with van der Waals surface area (Å²) in [5.74, 6) is 0.319. The van der Waals surface area contributed by atoms with Crippen molar-refractivity contribution in [2.45, 2.75) is 6.92 Å². The molecule has 0 aliphatic rings. The highest BCUT2D eigenvalue weighted by Crippen LogP contribution is 2.06. The largest absolute Gasteiger partial charge is 0.383 e. The number of aromatic nitrogens is 3. The molecule has 0 radical (unpaired) electrons. The Labute approximate surface area is 111 Å². The Morgan fingerprint density at radius 1 is 1.53 bits per heavy atom. The quantitative estimate of drug-likeness (QED) is 0.728. The number of ether oxygens (including phenoxy) is 1. The lowest BCUT2D eigenvalue weighted by molar-refractivity contribution is -0.119. The van der Waals surface area contributed by atoms with Crippen molar-refractivity contribution in [2.24, 2.45) is 0 Å². The molecular weight excluding hydrogens is 246 g/mol. The first-order chi connectivity index (χ1) is 9.19. The lowest BCUT2D eigenvalue weighted by Crippen LogP contribution is -2.32. The standard InChI is InChI=1S/C12H17N5O2/c1-9-3-5-17-10(7-9)15-12(16-17)14-8-11(18)13-4-6-19-2/h3,5,7H,4,6,8H2,1-2H3,(H,13,18)(H,14,16). The number of pyridine rings is 1. The fourth-order valence-corrected chi connectivity index (χ4v) is 1.57. The predicted molar refractivity (Wildman–Crippen MR) is 71.1 cm³/mol. The van der Waals surface area contributed by atoms with E-state index >= 15 is 0 Å². The molecule has 0 saturated heterocycles. The van der Waals surface area contributed by atoms with E-state index in [2.05, 4.69) is 20.7 Å². The molecule has 0 bridgehead atoms. The number of fused-ring (bicyclic) bond motifs is 1. The third kappa shape index (κ3) is 3.65. The van der Waals surface area contributed by atoms with Gasteiger partial charge in [-0.1, -0.05) is 0 Å². The van der Waals surface area contributed by atoms with Gasteiger partial charge in [-0.3, -0.25) is 4.79 Å². The maximum atomic E-state index is 11.5. The van der Waals surface area contributed by atoms with Gasteiger partial charge in [0.05, 0.1) is 13.2 Å². The first-order valence-electron chi connectivity index (χ1n) is 6.01. The van der Waals surface area contributed by atoms with Gasteiger partial charge >= 0.3 is 0 Å². The summed E-state index contributed by atoms with van der Waals surface area (Å²) in [4.78, 5) is 15.7. The SMILES string of the molecule is COCCNC(=O)CNc1nc2cc(C)ccn2n1. The van der Waals surface area contributed by atoms with E-state index in [0.717, 1.165) is 11.2 Å². The van der Waals surface area contributed by atoms with E-state index in [0.29, 0.717) is 19.1 Å². The van der Waals surface area contributed by atoms with Crippen molar-refractivity contribution in [1.82, 2.24) is 19.9 Å². The lowest BCUT2D eigenvalue weighted by Gasteiger charge is -2.04. The topological polar surface area (TPSA) is 80.5 Å². The lowest BCUT2D eigenvalue weighted by atomic mass is 10.3. The van der Waals surface area contributed by atoms with Gasteiger partial charge in [0.25, 0.3) is 0 Å². The van der Waals surface area contributed by atoms with Crippen LogP contribution >= 0.6 is 0 Å². The number of amides is 1. The molecule has 2 N–H and O–H groups in total. The number of aryl methyl sites for hydroxylation is 1. The molecule has 0 unspecified atom stereocenters. The molecule has 0 fully saturated rings. The van der Waals surface area contributed by atoms with Crippen molar-refractivity contribution >= 4 is 17.5 Å². The van der Waals surface area contributed by atoms with E-state index in [-0.39, 0.29) is 12.5 Å². The van der Waals surface area contributed by atoms with Crippen LogP contribution in [0, 0.1) is 6.92 Å². The Balaban J connectivity index is 1.89. The van der Waals surface area contributed by atoms with Crippen molar-refractivity contribution in [3.05, 3.63) is 23.9 Å². The number of carbonyl (C=O) groups excluding carboxylic acids is 1. The maximum Gasteiger partial charge on any atom is 0.243 e. The molecule has 1 amide bonds. The minimum absolute atomic E-state index is 0.118. The Bertz CT molecular complexity index is 566. The molecule has 102 valence electrons. The smallest absolute Gasteiger partial charge is 0.243 e. The summed E-state index contributed by atoms with van der Waals surface area (Å²) in [7, 11) is 1.59. The maximum absolute atomic E-state index is 11.5. The van der Waals surface area contributed by atoms with Gasteiger partial charge in [-0.2, -0.15) is 4.98 Å². The minimum atomic E-state index is -0.118. The highest BCUT2D eigenvalue weighted by Gasteiger charge is 2.05. The van der Waals surface area contributed by atoms with Crippen LogP contribution in [-0.4, -0.2) is 47.3 Å². The zero-order valence-electron chi connectivity index (χ0n) is 11.0. The van der Waals surface area contributed by atoms with E-state index in [1.54, 1.807) is 11.6 Å². The Kier molecular flexibility index (Phi) is 4.30. The number of nitrogens with one attached hydrogen (secondary N) is 2. The van der Waals surface area contributed by atoms with Crippen LogP contribution in [0.1, 0.15) is 5.56 Å². The molecule has 0 aliphatic carbocycles. The van der Waals surface area contributed by atoms with Crippen LogP contribution in [0.5, 0.6) is 0 Å². The van der Waals surface area contributed by atoms with Gasteiger partial charge in [-0.15, -0.1) is 5.10 Å². The average Bonchev–Trinajstić information content (AvgIpc) is 2.78. The van der Waals surface area contributed by atoms with Crippen LogP contribution in [0.2, 0.25) is 0 Å². The number of carbonyl (C=O) groups is 1. The van der Waals surface area contributed by atoms with Gasteiger partial charge < -0.3 is 15.4 Å².